The van der Waals surface area contributed by atoms with Crippen LogP contribution in [0.3, 0.4) is 0 Å². The number of methoxy groups -OCH3 is 1. The Balaban J connectivity index is 1.86. The molecule has 0 aromatic carbocycles. The molecule has 0 aliphatic rings. The van der Waals surface area contributed by atoms with Crippen LogP contribution in [0, 0.1) is 17.0 Å². The summed E-state index contributed by atoms with van der Waals surface area (Å²) in [5.41, 5.74) is 4.50. The molecule has 4 aromatic rings. The topological polar surface area (TPSA) is 173 Å². The lowest BCUT2D eigenvalue weighted by Crippen LogP contribution is -2.21. The summed E-state index contributed by atoms with van der Waals surface area (Å²) in [6, 6.07) is 0.807. The summed E-state index contributed by atoms with van der Waals surface area (Å²) in [6.45, 7) is 1.09. The van der Waals surface area contributed by atoms with E-state index in [0.29, 0.717) is 22.6 Å². The van der Waals surface area contributed by atoms with Crippen molar-refractivity contribution in [3.63, 3.8) is 0 Å². The number of hydrogen-bond donors (Lipinski definition) is 2. The zero-order valence-corrected chi connectivity index (χ0v) is 20.1. The molecule has 0 spiro atoms. The maximum Gasteiger partial charge on any atom is 0.433 e. The maximum absolute atomic E-state index is 13.6. The van der Waals surface area contributed by atoms with Crippen molar-refractivity contribution in [3.05, 3.63) is 44.8 Å². The summed E-state index contributed by atoms with van der Waals surface area (Å²) in [6.07, 6.45) is -2.47. The van der Waals surface area contributed by atoms with Gasteiger partial charge in [0.25, 0.3) is 5.91 Å². The van der Waals surface area contributed by atoms with Gasteiger partial charge in [0, 0.05) is 23.7 Å². The van der Waals surface area contributed by atoms with E-state index in [2.05, 4.69) is 20.5 Å². The minimum Gasteiger partial charge on any atom is -0.475 e. The number of ether oxygens (including phenoxy) is 1. The van der Waals surface area contributed by atoms with Crippen LogP contribution in [-0.4, -0.2) is 48.4 Å². The largest absolute Gasteiger partial charge is 0.475 e. The standard InChI is InChI=1S/C20H17F3N8O5S/c1-8-10(5-25-29(8)2)9-4-12(20(21,22)23)26-19-14(9)15(16(37-19)17(24)33)27-13(32)7-30-6-11(31(34)35)18(28-30)36-3/h4-6H,7H2,1-3H3,(H2,24,33)(H,27,32). The number of nitro groups is 1. The van der Waals surface area contributed by atoms with Crippen molar-refractivity contribution in [2.45, 2.75) is 19.6 Å². The van der Waals surface area contributed by atoms with Gasteiger partial charge in [-0.25, -0.2) is 4.98 Å². The van der Waals surface area contributed by atoms with E-state index in [9.17, 15) is 32.9 Å². The maximum atomic E-state index is 13.6. The third kappa shape index (κ3) is 4.67. The average Bonchev–Trinajstić information content (AvgIpc) is 3.48. The van der Waals surface area contributed by atoms with Crippen LogP contribution in [0.2, 0.25) is 0 Å². The quantitative estimate of drug-likeness (QED) is 0.267. The number of hydrogen-bond acceptors (Lipinski definition) is 9. The lowest BCUT2D eigenvalue weighted by atomic mass is 10.0. The van der Waals surface area contributed by atoms with Crippen molar-refractivity contribution in [2.24, 2.45) is 12.8 Å². The Bertz CT molecular complexity index is 1570. The van der Waals surface area contributed by atoms with Gasteiger partial charge in [0.15, 0.2) is 0 Å². The molecule has 2 amide bonds. The highest BCUT2D eigenvalue weighted by Crippen LogP contribution is 2.44. The van der Waals surface area contributed by atoms with Crippen molar-refractivity contribution in [3.8, 4) is 17.0 Å². The number of aryl methyl sites for hydroxylation is 1. The number of nitrogens with two attached hydrogens (primary N) is 1. The fourth-order valence-electron chi connectivity index (χ4n) is 3.58. The molecule has 194 valence electrons. The molecule has 0 radical (unpaired) electrons. The first kappa shape index (κ1) is 25.5. The minimum atomic E-state index is -4.80. The number of halogens is 3. The summed E-state index contributed by atoms with van der Waals surface area (Å²) in [5, 5.41) is 21.6. The van der Waals surface area contributed by atoms with E-state index in [1.54, 1.807) is 14.0 Å². The van der Waals surface area contributed by atoms with Crippen LogP contribution >= 0.6 is 11.3 Å². The molecule has 0 saturated carbocycles. The van der Waals surface area contributed by atoms with Crippen LogP contribution in [0.15, 0.2) is 18.5 Å². The monoisotopic (exact) mass is 538 g/mol. The number of rotatable bonds is 7. The Hall–Kier alpha value is -4.54. The number of aromatic nitrogens is 5. The van der Waals surface area contributed by atoms with E-state index >= 15 is 0 Å². The molecule has 0 atom stereocenters. The van der Waals surface area contributed by atoms with Gasteiger partial charge in [-0.2, -0.15) is 18.3 Å². The van der Waals surface area contributed by atoms with Crippen LogP contribution < -0.4 is 15.8 Å². The number of anilines is 1. The number of amides is 2. The molecular weight excluding hydrogens is 521 g/mol. The summed E-state index contributed by atoms with van der Waals surface area (Å²) in [5.74, 6) is -2.12. The van der Waals surface area contributed by atoms with E-state index in [-0.39, 0.29) is 32.2 Å². The first-order valence-electron chi connectivity index (χ1n) is 10.2. The second-order valence-electron chi connectivity index (χ2n) is 7.70. The highest BCUT2D eigenvalue weighted by Gasteiger charge is 2.35. The van der Waals surface area contributed by atoms with Crippen molar-refractivity contribution >= 4 is 44.7 Å². The van der Waals surface area contributed by atoms with E-state index in [0.717, 1.165) is 16.9 Å². The number of pyridine rings is 1. The molecule has 0 fully saturated rings. The first-order valence-corrected chi connectivity index (χ1v) is 11.0. The Kier molecular flexibility index (Phi) is 6.32. The fraction of sp³-hybridized carbons (Fsp3) is 0.250. The Morgan fingerprint density at radius 3 is 2.54 bits per heavy atom. The second-order valence-corrected chi connectivity index (χ2v) is 8.70. The Labute approximate surface area is 208 Å². The average molecular weight is 538 g/mol. The molecule has 37 heavy (non-hydrogen) atoms. The fourth-order valence-corrected chi connectivity index (χ4v) is 4.59. The molecule has 0 saturated heterocycles. The van der Waals surface area contributed by atoms with E-state index in [1.165, 1.54) is 18.0 Å². The van der Waals surface area contributed by atoms with Crippen molar-refractivity contribution in [1.29, 1.82) is 0 Å². The zero-order valence-electron chi connectivity index (χ0n) is 19.3. The SMILES string of the molecule is COc1nn(CC(=O)Nc2c(C(N)=O)sc3nc(C(F)(F)F)cc(-c4cnn(C)c4C)c23)cc1[N+](=O)[O-]. The number of carbonyl (C=O) groups excluding carboxylic acids is 2. The summed E-state index contributed by atoms with van der Waals surface area (Å²) >= 11 is 0.587. The zero-order chi connectivity index (χ0) is 27.2. The van der Waals surface area contributed by atoms with Gasteiger partial charge < -0.3 is 15.8 Å². The lowest BCUT2D eigenvalue weighted by molar-refractivity contribution is -0.385. The second kappa shape index (κ2) is 9.16. The molecule has 4 aromatic heterocycles. The number of fused-ring (bicyclic) bond motifs is 1. The molecule has 0 aliphatic carbocycles. The summed E-state index contributed by atoms with van der Waals surface area (Å²) in [4.78, 5) is 38.7. The van der Waals surface area contributed by atoms with Gasteiger partial charge in [0.2, 0.25) is 5.91 Å². The van der Waals surface area contributed by atoms with Gasteiger partial charge in [-0.1, -0.05) is 0 Å². The molecule has 13 nitrogen and oxygen atoms in total. The van der Waals surface area contributed by atoms with Gasteiger partial charge in [-0.05, 0) is 18.6 Å². The van der Waals surface area contributed by atoms with Gasteiger partial charge in [-0.3, -0.25) is 29.1 Å². The Morgan fingerprint density at radius 1 is 1.32 bits per heavy atom. The molecule has 0 unspecified atom stereocenters. The minimum absolute atomic E-state index is 0.0263. The van der Waals surface area contributed by atoms with E-state index in [4.69, 9.17) is 10.5 Å². The van der Waals surface area contributed by atoms with Crippen LogP contribution in [0.4, 0.5) is 24.5 Å². The third-order valence-electron chi connectivity index (χ3n) is 5.37. The van der Waals surface area contributed by atoms with Crippen LogP contribution in [-0.2, 0) is 24.6 Å². The number of nitrogens with one attached hydrogen (secondary N) is 1. The van der Waals surface area contributed by atoms with Crippen molar-refractivity contribution < 1.29 is 32.4 Å². The molecule has 0 aliphatic heterocycles. The Morgan fingerprint density at radius 2 is 2.03 bits per heavy atom. The van der Waals surface area contributed by atoms with Gasteiger partial charge in [0.05, 0.1) is 23.9 Å². The summed E-state index contributed by atoms with van der Waals surface area (Å²) < 4.78 is 48.2. The van der Waals surface area contributed by atoms with E-state index < -0.39 is 40.8 Å². The number of carbonyl (C=O) groups is 2. The number of nitrogens with zero attached hydrogens (tertiary/aromatic N) is 6. The lowest BCUT2D eigenvalue weighted by Gasteiger charge is -2.12. The predicted molar refractivity (Wildman–Crippen MR) is 124 cm³/mol. The van der Waals surface area contributed by atoms with Gasteiger partial charge in [0.1, 0.15) is 28.1 Å². The van der Waals surface area contributed by atoms with Crippen LogP contribution in [0.1, 0.15) is 21.1 Å². The smallest absolute Gasteiger partial charge is 0.433 e. The van der Waals surface area contributed by atoms with Crippen LogP contribution in [0.5, 0.6) is 5.88 Å². The highest BCUT2D eigenvalue weighted by molar-refractivity contribution is 7.21. The van der Waals surface area contributed by atoms with Gasteiger partial charge in [-0.15, -0.1) is 16.4 Å². The normalized spacial score (nSPS) is 11.6. The first-order chi connectivity index (χ1) is 17.3. The molecule has 3 N–H and O–H groups in total. The van der Waals surface area contributed by atoms with Crippen molar-refractivity contribution in [2.75, 3.05) is 12.4 Å². The predicted octanol–water partition coefficient (Wildman–Crippen LogP) is 2.87. The van der Waals surface area contributed by atoms with Gasteiger partial charge >= 0.3 is 17.7 Å². The molecular formula is C20H17F3N8O5S. The molecule has 4 heterocycles. The van der Waals surface area contributed by atoms with E-state index in [1.807, 2.05) is 0 Å². The summed E-state index contributed by atoms with van der Waals surface area (Å²) in [7, 11) is 2.77. The highest BCUT2D eigenvalue weighted by atomic mass is 32.1. The third-order valence-corrected chi connectivity index (χ3v) is 6.47. The molecule has 0 bridgehead atoms. The number of alkyl halides is 3. The number of thiophene rings is 1. The molecule has 4 rings (SSSR count). The number of primary amides is 1. The van der Waals surface area contributed by atoms with Crippen molar-refractivity contribution in [1.82, 2.24) is 24.5 Å². The van der Waals surface area contributed by atoms with Crippen LogP contribution in [0.25, 0.3) is 21.3 Å². The molecule has 17 heteroatoms.